The van der Waals surface area contributed by atoms with Crippen LogP contribution < -0.4 is 219 Å². The maximum atomic E-state index is 11.3. The number of carbonyl (C=O) groups excluding carboxylic acids is 2. The third kappa shape index (κ3) is 23.2. The van der Waals surface area contributed by atoms with Gasteiger partial charge < -0.3 is 38.0 Å². The van der Waals surface area contributed by atoms with Gasteiger partial charge in [0.1, 0.15) is 40.5 Å². The number of halogens is 2. The largest absolute Gasteiger partial charge is 1.00 e. The summed E-state index contributed by atoms with van der Waals surface area (Å²) in [6.07, 6.45) is 0. The van der Waals surface area contributed by atoms with Crippen LogP contribution in [0.4, 0.5) is 0 Å². The Morgan fingerprint density at radius 3 is 0.710 bits per heavy atom. The zero-order valence-electron chi connectivity index (χ0n) is 37.0. The van der Waals surface area contributed by atoms with E-state index in [1.165, 1.54) is 84.9 Å². The number of benzene rings is 6. The van der Waals surface area contributed by atoms with Gasteiger partial charge in [0.2, 0.25) is 0 Å². The van der Waals surface area contributed by atoms with Crippen LogP contribution in [0.1, 0.15) is 20.7 Å². The molecule has 0 saturated carbocycles. The van der Waals surface area contributed by atoms with Crippen LogP contribution in [0.25, 0.3) is 0 Å². The van der Waals surface area contributed by atoms with Gasteiger partial charge in [-0.1, -0.05) is 84.9 Å². The molecule has 0 aliphatic carbocycles. The maximum Gasteiger partial charge on any atom is 1.00 e. The molecule has 31 heteroatoms. The van der Waals surface area contributed by atoms with Gasteiger partial charge in [0, 0.05) is 0 Å². The minimum atomic E-state index is -4.64. The van der Waals surface area contributed by atoms with E-state index < -0.39 is 87.8 Å². The van der Waals surface area contributed by atoms with E-state index in [0.717, 1.165) is 48.5 Å². The standard InChI is InChI=1S/2C19H15O8PS2.2ClH.6Na.Pd/c2*20-19(21)13-2-1-3-16(12-13)28(14-4-8-17(9-5-14)29(22,23)24)15-6-10-18(11-7-15)30(25,26)27;;;;;;;;;/h2*1-12H,(H,20,21)(H,22,23,24)(H,25,26,27);2*1H;;;;;;;/q;;;;6*+1;+2/p-8. The Kier molecular flexibility index (Phi) is 37.1. The van der Waals surface area contributed by atoms with Crippen molar-refractivity contribution in [3.63, 3.8) is 0 Å². The van der Waals surface area contributed by atoms with E-state index in [-0.39, 0.29) is 204 Å². The number of carboxylic acids is 2. The molecule has 0 aliphatic rings. The number of hydrogen-bond donors (Lipinski definition) is 0. The first-order chi connectivity index (χ1) is 29.3. The molecule has 0 N–H and O–H groups in total. The molecule has 6 aromatic carbocycles. The van der Waals surface area contributed by atoms with Gasteiger partial charge in [-0.2, -0.15) is 0 Å². The molecule has 0 saturated heterocycles. The van der Waals surface area contributed by atoms with E-state index in [0.29, 0.717) is 31.8 Å². The second-order valence-corrected chi connectivity index (χ2v) is 24.5. The van der Waals surface area contributed by atoms with Gasteiger partial charge in [-0.3, -0.25) is 0 Å². The average molecular weight is 1240 g/mol. The summed E-state index contributed by atoms with van der Waals surface area (Å²) < 4.78 is 134. The van der Waals surface area contributed by atoms with Crippen LogP contribution in [-0.2, 0) is 56.4 Å². The first-order valence-electron chi connectivity index (χ1n) is 16.6. The van der Waals surface area contributed by atoms with Crippen LogP contribution in [0.5, 0.6) is 0 Å². The van der Waals surface area contributed by atoms with Crippen LogP contribution in [0.2, 0.25) is 0 Å². The minimum absolute atomic E-state index is 0. The summed E-state index contributed by atoms with van der Waals surface area (Å²) in [7, 11) is -11.9. The summed E-state index contributed by atoms with van der Waals surface area (Å²) in [6.45, 7) is 0. The minimum Gasteiger partial charge on any atom is 1.00 e. The topological polar surface area (TPSA) is 309 Å². The van der Waals surface area contributed by atoms with Gasteiger partial charge in [-0.15, -0.1) is 0 Å². The number of aromatic carboxylic acids is 2. The summed E-state index contributed by atoms with van der Waals surface area (Å²) >= 11 is -0.106. The predicted octanol–water partition coefficient (Wildman–Crippen LogP) is -17.4. The van der Waals surface area contributed by atoms with E-state index in [2.05, 4.69) is 0 Å². The summed E-state index contributed by atoms with van der Waals surface area (Å²) in [5.74, 6) is -2.76. The Labute approximate surface area is 550 Å². The van der Waals surface area contributed by atoms with Crippen molar-refractivity contribution in [2.24, 2.45) is 0 Å². The van der Waals surface area contributed by atoms with Crippen LogP contribution in [0.3, 0.4) is 0 Å². The molecule has 0 spiro atoms. The fourth-order valence-corrected chi connectivity index (χ4v) is 11.9. The molecule has 0 radical (unpaired) electrons. The molecule has 0 amide bonds. The molecular formula is C38H24Cl2Na6O16P2PdS4. The van der Waals surface area contributed by atoms with Gasteiger partial charge >= 0.3 is 212 Å². The number of carbonyl (C=O) groups is 2. The van der Waals surface area contributed by atoms with Crippen molar-refractivity contribution in [3.05, 3.63) is 157 Å². The normalized spacial score (nSPS) is 10.8. The van der Waals surface area contributed by atoms with Crippen LogP contribution >= 0.6 is 34.9 Å². The third-order valence-corrected chi connectivity index (χ3v) is 16.5. The zero-order chi connectivity index (χ0) is 46.9. The molecule has 69 heavy (non-hydrogen) atoms. The molecule has 0 aromatic heterocycles. The van der Waals surface area contributed by atoms with Crippen molar-refractivity contribution in [3.8, 4) is 0 Å². The third-order valence-electron chi connectivity index (χ3n) is 8.21. The van der Waals surface area contributed by atoms with Gasteiger partial charge in [-0.05, 0) is 119 Å². The molecule has 0 heterocycles. The van der Waals surface area contributed by atoms with Crippen molar-refractivity contribution in [2.75, 3.05) is 0 Å². The fraction of sp³-hybridized carbons (Fsp3) is 0. The van der Waals surface area contributed by atoms with Crippen molar-refractivity contribution >= 4 is 119 Å². The van der Waals surface area contributed by atoms with E-state index in [9.17, 15) is 71.7 Å². The van der Waals surface area contributed by atoms with Crippen molar-refractivity contribution < 1.29 is 265 Å². The molecule has 0 unspecified atom stereocenters. The molecular weight excluding hydrogens is 1220 g/mol. The Balaban J connectivity index is -0.00000110. The second-order valence-electron chi connectivity index (χ2n) is 12.2. The average Bonchev–Trinajstić information content (AvgIpc) is 3.21. The number of carboxylic acid groups (broad SMARTS) is 2. The second kappa shape index (κ2) is 34.0. The van der Waals surface area contributed by atoms with Crippen LogP contribution in [0, 0.1) is 0 Å². The van der Waals surface area contributed by atoms with Gasteiger partial charge in [0.15, 0.2) is 0 Å². The summed E-state index contributed by atoms with van der Waals surface area (Å²) in [6, 6.07) is 32.5. The molecule has 0 aliphatic heterocycles. The van der Waals surface area contributed by atoms with Crippen molar-refractivity contribution in [1.82, 2.24) is 0 Å². The van der Waals surface area contributed by atoms with Gasteiger partial charge in [-0.25, -0.2) is 33.7 Å². The Bertz CT molecular complexity index is 2720. The van der Waals surface area contributed by atoms with Crippen LogP contribution in [-0.4, -0.2) is 63.8 Å². The fourth-order valence-electron chi connectivity index (χ4n) is 5.49. The van der Waals surface area contributed by atoms with Crippen molar-refractivity contribution in [2.45, 2.75) is 19.6 Å². The summed E-state index contributed by atoms with van der Waals surface area (Å²) in [5.41, 5.74) is -0.143. The summed E-state index contributed by atoms with van der Waals surface area (Å²) in [5, 5.41) is 25.9. The molecule has 336 valence electrons. The maximum absolute atomic E-state index is 11.3. The number of rotatable bonds is 12. The van der Waals surface area contributed by atoms with E-state index in [1.807, 2.05) is 0 Å². The van der Waals surface area contributed by atoms with Crippen molar-refractivity contribution in [1.29, 1.82) is 0 Å². The van der Waals surface area contributed by atoms with E-state index in [1.54, 1.807) is 12.1 Å². The monoisotopic (exact) mass is 1240 g/mol. The number of hydrogen-bond acceptors (Lipinski definition) is 16. The summed E-state index contributed by atoms with van der Waals surface area (Å²) in [4.78, 5) is 20.8. The van der Waals surface area contributed by atoms with E-state index in [4.69, 9.17) is 19.1 Å². The Morgan fingerprint density at radius 1 is 0.362 bits per heavy atom. The zero-order valence-corrected chi connectivity index (χ0v) is 57.1. The van der Waals surface area contributed by atoms with Gasteiger partial charge in [0.05, 0.1) is 31.5 Å². The molecule has 0 atom stereocenters. The molecule has 16 nitrogen and oxygen atoms in total. The quantitative estimate of drug-likeness (QED) is 0.0624. The Morgan fingerprint density at radius 2 is 0.551 bits per heavy atom. The molecule has 0 fully saturated rings. The first kappa shape index (κ1) is 75.2. The first-order valence-corrected chi connectivity index (χ1v) is 29.0. The Hall–Kier alpha value is 2.00. The van der Waals surface area contributed by atoms with Gasteiger partial charge in [0.25, 0.3) is 0 Å². The van der Waals surface area contributed by atoms with Crippen LogP contribution in [0.15, 0.2) is 165 Å². The molecule has 6 rings (SSSR count). The SMILES string of the molecule is O=C([O-])c1cccc(P(c2ccc(S(=O)(=O)[O-])cc2)c2ccc(S(=O)(=O)[O-])cc2)c1.O=C([O-])c1cccc(P(c2ccc(S(=O)(=O)[O-])cc2)c2ccc(S(=O)(=O)[O-])cc2)c1.[Cl][Pd][Cl].[Na+].[Na+].[Na+].[Na+].[Na+].[Na+]. The predicted molar refractivity (Wildman–Crippen MR) is 223 cm³/mol. The van der Waals surface area contributed by atoms with E-state index >= 15 is 0 Å². The molecule has 0 bridgehead atoms. The smallest absolute Gasteiger partial charge is 1.00 e. The molecule has 6 aromatic rings.